The molecule has 0 amide bonds. The van der Waals surface area contributed by atoms with Crippen molar-refractivity contribution in [1.29, 1.82) is 0 Å². The van der Waals surface area contributed by atoms with Crippen LogP contribution in [-0.4, -0.2) is 4.92 Å². The topological polar surface area (TPSA) is 43.1 Å². The van der Waals surface area contributed by atoms with Crippen molar-refractivity contribution in [3.8, 4) is 0 Å². The average Bonchev–Trinajstić information content (AvgIpc) is 1.96. The molecule has 0 saturated heterocycles. The fourth-order valence-corrected chi connectivity index (χ4v) is 1.21. The van der Waals surface area contributed by atoms with Gasteiger partial charge in [-0.05, 0) is 34.5 Å². The van der Waals surface area contributed by atoms with Crippen LogP contribution < -0.4 is 0 Å². The molecule has 1 aromatic rings. The minimum absolute atomic E-state index is 0.0990. The Morgan fingerprint density at radius 3 is 2.67 bits per heavy atom. The van der Waals surface area contributed by atoms with E-state index in [-0.39, 0.29) is 10.2 Å². The summed E-state index contributed by atoms with van der Waals surface area (Å²) in [4.78, 5) is 9.71. The van der Waals surface area contributed by atoms with Gasteiger partial charge in [0.1, 0.15) is 10.3 Å². The van der Waals surface area contributed by atoms with Crippen molar-refractivity contribution in [2.75, 3.05) is 0 Å². The van der Waals surface area contributed by atoms with Crippen LogP contribution >= 0.6 is 15.9 Å². The molecule has 0 fully saturated rings. The van der Waals surface area contributed by atoms with Crippen molar-refractivity contribution in [3.05, 3.63) is 38.1 Å². The molecule has 0 aromatic heterocycles. The van der Waals surface area contributed by atoms with Crippen LogP contribution in [0.5, 0.6) is 0 Å². The summed E-state index contributed by atoms with van der Waals surface area (Å²) < 4.78 is 12.8. The summed E-state index contributed by atoms with van der Waals surface area (Å²) in [6.45, 7) is 1.60. The van der Waals surface area contributed by atoms with Gasteiger partial charge in [0.15, 0.2) is 0 Å². The molecule has 1 aromatic carbocycles. The lowest BCUT2D eigenvalue weighted by Crippen LogP contribution is -1.92. The van der Waals surface area contributed by atoms with Gasteiger partial charge in [-0.1, -0.05) is 0 Å². The van der Waals surface area contributed by atoms with Gasteiger partial charge >= 0.3 is 0 Å². The normalized spacial score (nSPS) is 9.92. The van der Waals surface area contributed by atoms with Crippen LogP contribution in [0.15, 0.2) is 16.6 Å². The van der Waals surface area contributed by atoms with E-state index in [1.54, 1.807) is 6.92 Å². The van der Waals surface area contributed by atoms with Gasteiger partial charge in [-0.3, -0.25) is 10.1 Å². The van der Waals surface area contributed by atoms with Gasteiger partial charge in [-0.2, -0.15) is 0 Å². The molecular formula is C7H5BrFNO2. The molecule has 64 valence electrons. The summed E-state index contributed by atoms with van der Waals surface area (Å²) >= 11 is 2.80. The van der Waals surface area contributed by atoms with E-state index in [1.165, 1.54) is 12.1 Å². The van der Waals surface area contributed by atoms with Gasteiger partial charge in [0.05, 0.1) is 4.92 Å². The van der Waals surface area contributed by atoms with Crippen LogP contribution in [0, 0.1) is 22.9 Å². The second kappa shape index (κ2) is 3.18. The van der Waals surface area contributed by atoms with Crippen LogP contribution in [-0.2, 0) is 0 Å². The van der Waals surface area contributed by atoms with E-state index in [1.807, 2.05) is 0 Å². The Kier molecular flexibility index (Phi) is 2.42. The van der Waals surface area contributed by atoms with Crippen LogP contribution in [0.4, 0.5) is 10.1 Å². The number of nitrogens with zero attached hydrogens (tertiary/aromatic N) is 1. The molecule has 0 atom stereocenters. The second-order valence-electron chi connectivity index (χ2n) is 2.34. The zero-order valence-electron chi connectivity index (χ0n) is 6.17. The van der Waals surface area contributed by atoms with E-state index in [0.29, 0.717) is 5.56 Å². The first-order valence-corrected chi connectivity index (χ1v) is 3.91. The number of hydrogen-bond donors (Lipinski definition) is 0. The second-order valence-corrected chi connectivity index (χ2v) is 3.13. The molecule has 0 spiro atoms. The van der Waals surface area contributed by atoms with Crippen molar-refractivity contribution in [2.24, 2.45) is 0 Å². The molecule has 0 aliphatic rings. The Morgan fingerprint density at radius 2 is 2.17 bits per heavy atom. The minimum atomic E-state index is -0.625. The summed E-state index contributed by atoms with van der Waals surface area (Å²) in [5, 5.41) is 10.3. The molecule has 0 aliphatic carbocycles. The zero-order valence-corrected chi connectivity index (χ0v) is 7.76. The van der Waals surface area contributed by atoms with Gasteiger partial charge in [-0.15, -0.1) is 0 Å². The summed E-state index contributed by atoms with van der Waals surface area (Å²) in [6, 6.07) is 2.55. The van der Waals surface area contributed by atoms with Crippen LogP contribution in [0.1, 0.15) is 5.56 Å². The van der Waals surface area contributed by atoms with E-state index in [2.05, 4.69) is 15.9 Å². The van der Waals surface area contributed by atoms with E-state index in [4.69, 9.17) is 0 Å². The highest BCUT2D eigenvalue weighted by atomic mass is 79.9. The van der Waals surface area contributed by atoms with E-state index in [0.717, 1.165) is 0 Å². The summed E-state index contributed by atoms with van der Waals surface area (Å²) in [6.07, 6.45) is 0. The Balaban J connectivity index is 3.37. The third-order valence-electron chi connectivity index (χ3n) is 1.35. The third-order valence-corrected chi connectivity index (χ3v) is 2.14. The first-order valence-electron chi connectivity index (χ1n) is 3.12. The molecule has 3 nitrogen and oxygen atoms in total. The van der Waals surface area contributed by atoms with E-state index in [9.17, 15) is 14.5 Å². The van der Waals surface area contributed by atoms with E-state index >= 15 is 0 Å². The number of nitro groups is 1. The fourth-order valence-electron chi connectivity index (χ4n) is 0.839. The average molecular weight is 234 g/mol. The molecule has 0 radical (unpaired) electrons. The maximum Gasteiger partial charge on any atom is 0.286 e. The Hall–Kier alpha value is -0.970. The molecule has 0 heterocycles. The lowest BCUT2D eigenvalue weighted by atomic mass is 10.2. The van der Waals surface area contributed by atoms with Gasteiger partial charge < -0.3 is 0 Å². The molecule has 5 heteroatoms. The molecule has 0 saturated carbocycles. The number of aryl methyl sites for hydroxylation is 1. The molecule has 0 unspecified atom stereocenters. The Labute approximate surface area is 76.5 Å². The summed E-state index contributed by atoms with van der Waals surface area (Å²) in [5.74, 6) is -0.610. The first-order chi connectivity index (χ1) is 5.52. The zero-order chi connectivity index (χ0) is 9.30. The van der Waals surface area contributed by atoms with Crippen LogP contribution in [0.2, 0.25) is 0 Å². The highest BCUT2D eigenvalue weighted by Crippen LogP contribution is 2.28. The predicted octanol–water partition coefficient (Wildman–Crippen LogP) is 2.80. The highest BCUT2D eigenvalue weighted by molar-refractivity contribution is 9.10. The number of nitro benzene ring substituents is 1. The highest BCUT2D eigenvalue weighted by Gasteiger charge is 2.15. The molecule has 1 rings (SSSR count). The molecule has 0 aliphatic heterocycles. The van der Waals surface area contributed by atoms with Gasteiger partial charge in [-0.25, -0.2) is 4.39 Å². The minimum Gasteiger partial charge on any atom is -0.258 e. The van der Waals surface area contributed by atoms with Crippen LogP contribution in [0.3, 0.4) is 0 Å². The maximum absolute atomic E-state index is 12.8. The summed E-state index contributed by atoms with van der Waals surface area (Å²) in [7, 11) is 0. The van der Waals surface area contributed by atoms with Crippen molar-refractivity contribution in [2.45, 2.75) is 6.92 Å². The monoisotopic (exact) mass is 233 g/mol. The Morgan fingerprint density at radius 1 is 1.58 bits per heavy atom. The molecule has 0 bridgehead atoms. The number of rotatable bonds is 1. The maximum atomic E-state index is 12.8. The van der Waals surface area contributed by atoms with Gasteiger partial charge in [0.25, 0.3) is 5.69 Å². The van der Waals surface area contributed by atoms with E-state index < -0.39 is 10.7 Å². The summed E-state index contributed by atoms with van der Waals surface area (Å²) in [5.41, 5.74) is 0.287. The van der Waals surface area contributed by atoms with Gasteiger partial charge in [0, 0.05) is 6.07 Å². The lowest BCUT2D eigenvalue weighted by Gasteiger charge is -1.98. The molecular weight excluding hydrogens is 229 g/mol. The standard InChI is InChI=1S/C7H5BrFNO2/c1-4-2-5(9)7(8)6(3-4)10(11)12/h2-3H,1H3. The van der Waals surface area contributed by atoms with Crippen molar-refractivity contribution < 1.29 is 9.31 Å². The van der Waals surface area contributed by atoms with Crippen molar-refractivity contribution in [3.63, 3.8) is 0 Å². The lowest BCUT2D eigenvalue weighted by molar-refractivity contribution is -0.385. The van der Waals surface area contributed by atoms with Crippen molar-refractivity contribution >= 4 is 21.6 Å². The smallest absolute Gasteiger partial charge is 0.258 e. The fraction of sp³-hybridized carbons (Fsp3) is 0.143. The number of halogens is 2. The third kappa shape index (κ3) is 1.61. The SMILES string of the molecule is Cc1cc(F)c(Br)c([N+](=O)[O-])c1. The first kappa shape index (κ1) is 9.12. The number of hydrogen-bond acceptors (Lipinski definition) is 2. The quantitative estimate of drug-likeness (QED) is 0.553. The number of benzene rings is 1. The Bertz CT molecular complexity index is 340. The van der Waals surface area contributed by atoms with Crippen LogP contribution in [0.25, 0.3) is 0 Å². The molecule has 12 heavy (non-hydrogen) atoms. The van der Waals surface area contributed by atoms with Crippen molar-refractivity contribution in [1.82, 2.24) is 0 Å². The van der Waals surface area contributed by atoms with Gasteiger partial charge in [0.2, 0.25) is 0 Å². The molecule has 0 N–H and O–H groups in total. The largest absolute Gasteiger partial charge is 0.286 e. The predicted molar refractivity (Wildman–Crippen MR) is 45.5 cm³/mol.